The molecule has 1 aliphatic carbocycles. The second-order valence-corrected chi connectivity index (χ2v) is 6.11. The maximum atomic E-state index is 6.13. The molecule has 2 aromatic heterocycles. The normalized spacial score (nSPS) is 15.6. The van der Waals surface area contributed by atoms with Crippen molar-refractivity contribution < 1.29 is 0 Å². The Hall–Kier alpha value is -2.67. The van der Waals surface area contributed by atoms with Gasteiger partial charge in [-0.1, -0.05) is 18.2 Å². The summed E-state index contributed by atoms with van der Waals surface area (Å²) in [6.07, 6.45) is 3.86. The molecule has 0 atom stereocenters. The van der Waals surface area contributed by atoms with Crippen LogP contribution in [0.2, 0.25) is 0 Å². The van der Waals surface area contributed by atoms with Gasteiger partial charge in [-0.15, -0.1) is 0 Å². The number of anilines is 3. The smallest absolute Gasteiger partial charge is 0.226 e. The van der Waals surface area contributed by atoms with Crippen LogP contribution in [0.25, 0.3) is 11.0 Å². The summed E-state index contributed by atoms with van der Waals surface area (Å²) < 4.78 is 1.74. The minimum absolute atomic E-state index is 0.0994. The number of aromatic nitrogens is 4. The van der Waals surface area contributed by atoms with E-state index < -0.39 is 0 Å². The van der Waals surface area contributed by atoms with E-state index in [-0.39, 0.29) is 5.54 Å². The highest BCUT2D eigenvalue weighted by atomic mass is 15.3. The zero-order chi connectivity index (χ0) is 15.9. The summed E-state index contributed by atoms with van der Waals surface area (Å²) in [5.74, 6) is 1.30. The molecule has 0 radical (unpaired) electrons. The molecule has 118 valence electrons. The lowest BCUT2D eigenvalue weighted by Gasteiger charge is -2.12. The van der Waals surface area contributed by atoms with Crippen molar-refractivity contribution in [3.05, 3.63) is 36.5 Å². The molecule has 1 aliphatic rings. The molecule has 1 saturated carbocycles. The summed E-state index contributed by atoms with van der Waals surface area (Å²) in [6.45, 7) is 0.682. The molecule has 3 aromatic rings. The van der Waals surface area contributed by atoms with Gasteiger partial charge < -0.3 is 16.4 Å². The van der Waals surface area contributed by atoms with Crippen molar-refractivity contribution in [2.45, 2.75) is 18.4 Å². The van der Waals surface area contributed by atoms with E-state index in [1.807, 2.05) is 37.4 Å². The standard InChI is InChI=1S/C16H19N7/c1-23-14-12(9-19-23)13(20-11-5-3-2-4-6-11)21-15(22-14)18-10-16(17)7-8-16/h2-6,9H,7-8,10,17H2,1H3,(H2,18,20,21,22). The predicted octanol–water partition coefficient (Wildman–Crippen LogP) is 2.01. The number of rotatable bonds is 5. The Morgan fingerprint density at radius 3 is 2.74 bits per heavy atom. The van der Waals surface area contributed by atoms with Gasteiger partial charge in [0.15, 0.2) is 5.65 Å². The summed E-state index contributed by atoms with van der Waals surface area (Å²) in [4.78, 5) is 9.15. The highest BCUT2D eigenvalue weighted by molar-refractivity contribution is 5.89. The molecule has 0 amide bonds. The van der Waals surface area contributed by atoms with E-state index in [2.05, 4.69) is 25.7 Å². The Morgan fingerprint density at radius 1 is 1.22 bits per heavy atom. The number of hydrogen-bond donors (Lipinski definition) is 3. The van der Waals surface area contributed by atoms with Crippen LogP contribution in [0.3, 0.4) is 0 Å². The van der Waals surface area contributed by atoms with Crippen molar-refractivity contribution >= 4 is 28.5 Å². The fourth-order valence-corrected chi connectivity index (χ4v) is 2.45. The first-order valence-corrected chi connectivity index (χ1v) is 7.68. The molecule has 7 heteroatoms. The van der Waals surface area contributed by atoms with Crippen LogP contribution in [-0.4, -0.2) is 31.8 Å². The lowest BCUT2D eigenvalue weighted by Crippen LogP contribution is -2.31. The van der Waals surface area contributed by atoms with Crippen molar-refractivity contribution in [2.24, 2.45) is 12.8 Å². The minimum Gasteiger partial charge on any atom is -0.352 e. The van der Waals surface area contributed by atoms with Crippen molar-refractivity contribution in [1.82, 2.24) is 19.7 Å². The number of fused-ring (bicyclic) bond motifs is 1. The Morgan fingerprint density at radius 2 is 2.00 bits per heavy atom. The van der Waals surface area contributed by atoms with Gasteiger partial charge in [0.2, 0.25) is 5.95 Å². The van der Waals surface area contributed by atoms with E-state index >= 15 is 0 Å². The number of nitrogens with two attached hydrogens (primary N) is 1. The van der Waals surface area contributed by atoms with Crippen LogP contribution < -0.4 is 16.4 Å². The van der Waals surface area contributed by atoms with Gasteiger partial charge in [-0.25, -0.2) is 0 Å². The van der Waals surface area contributed by atoms with E-state index in [1.165, 1.54) is 0 Å². The molecule has 2 heterocycles. The molecule has 23 heavy (non-hydrogen) atoms. The monoisotopic (exact) mass is 309 g/mol. The van der Waals surface area contributed by atoms with Gasteiger partial charge in [0.25, 0.3) is 0 Å². The maximum Gasteiger partial charge on any atom is 0.226 e. The third-order valence-electron chi connectivity index (χ3n) is 4.12. The van der Waals surface area contributed by atoms with Crippen molar-refractivity contribution in [2.75, 3.05) is 17.2 Å². The van der Waals surface area contributed by atoms with E-state index in [4.69, 9.17) is 5.73 Å². The highest BCUT2D eigenvalue weighted by Crippen LogP contribution is 2.32. The molecular formula is C16H19N7. The van der Waals surface area contributed by atoms with Crippen LogP contribution in [0.1, 0.15) is 12.8 Å². The first-order valence-electron chi connectivity index (χ1n) is 7.68. The van der Waals surface area contributed by atoms with Gasteiger partial charge in [0.1, 0.15) is 5.82 Å². The molecule has 0 bridgehead atoms. The summed E-state index contributed by atoms with van der Waals surface area (Å²) >= 11 is 0. The number of benzene rings is 1. The number of aryl methyl sites for hydroxylation is 1. The Labute approximate surface area is 133 Å². The molecule has 0 unspecified atom stereocenters. The number of hydrogen-bond acceptors (Lipinski definition) is 6. The zero-order valence-corrected chi connectivity index (χ0v) is 13.0. The van der Waals surface area contributed by atoms with Gasteiger partial charge in [-0.3, -0.25) is 4.68 Å². The molecular weight excluding hydrogens is 290 g/mol. The number of nitrogens with one attached hydrogen (secondary N) is 2. The molecule has 1 fully saturated rings. The first-order chi connectivity index (χ1) is 11.1. The van der Waals surface area contributed by atoms with Gasteiger partial charge >= 0.3 is 0 Å². The van der Waals surface area contributed by atoms with E-state index in [0.29, 0.717) is 12.5 Å². The summed E-state index contributed by atoms with van der Waals surface area (Å²) in [6, 6.07) is 9.93. The third-order valence-corrected chi connectivity index (χ3v) is 4.12. The Bertz CT molecular complexity index is 836. The highest BCUT2D eigenvalue weighted by Gasteiger charge is 2.38. The summed E-state index contributed by atoms with van der Waals surface area (Å²) in [5.41, 5.74) is 7.78. The van der Waals surface area contributed by atoms with Crippen molar-refractivity contribution in [1.29, 1.82) is 0 Å². The van der Waals surface area contributed by atoms with Gasteiger partial charge in [0.05, 0.1) is 11.6 Å². The van der Waals surface area contributed by atoms with Crippen LogP contribution in [0.5, 0.6) is 0 Å². The molecule has 1 aromatic carbocycles. The fraction of sp³-hybridized carbons (Fsp3) is 0.312. The molecule has 4 rings (SSSR count). The van der Waals surface area contributed by atoms with Gasteiger partial charge in [-0.2, -0.15) is 15.1 Å². The number of para-hydroxylation sites is 1. The third kappa shape index (κ3) is 2.83. The maximum absolute atomic E-state index is 6.13. The number of nitrogens with zero attached hydrogens (tertiary/aromatic N) is 4. The lowest BCUT2D eigenvalue weighted by molar-refractivity contribution is 0.708. The van der Waals surface area contributed by atoms with E-state index in [9.17, 15) is 0 Å². The van der Waals surface area contributed by atoms with Crippen LogP contribution in [0.4, 0.5) is 17.5 Å². The molecule has 0 aliphatic heterocycles. The summed E-state index contributed by atoms with van der Waals surface area (Å²) in [5, 5.41) is 11.8. The summed E-state index contributed by atoms with van der Waals surface area (Å²) in [7, 11) is 1.87. The minimum atomic E-state index is -0.0994. The predicted molar refractivity (Wildman–Crippen MR) is 90.7 cm³/mol. The molecule has 4 N–H and O–H groups in total. The van der Waals surface area contributed by atoms with Crippen LogP contribution in [0.15, 0.2) is 36.5 Å². The quantitative estimate of drug-likeness (QED) is 0.667. The second-order valence-electron chi connectivity index (χ2n) is 6.11. The largest absolute Gasteiger partial charge is 0.352 e. The first kappa shape index (κ1) is 14.0. The zero-order valence-electron chi connectivity index (χ0n) is 13.0. The van der Waals surface area contributed by atoms with Crippen LogP contribution in [0, 0.1) is 0 Å². The fourth-order valence-electron chi connectivity index (χ4n) is 2.45. The molecule has 7 nitrogen and oxygen atoms in total. The Kier molecular flexibility index (Phi) is 3.16. The van der Waals surface area contributed by atoms with Crippen molar-refractivity contribution in [3.63, 3.8) is 0 Å². The SMILES string of the molecule is Cn1ncc2c(Nc3ccccc3)nc(NCC3(N)CC3)nc21. The van der Waals surface area contributed by atoms with E-state index in [0.717, 1.165) is 35.4 Å². The topological polar surface area (TPSA) is 93.7 Å². The Balaban J connectivity index is 1.69. The molecule has 0 saturated heterocycles. The lowest BCUT2D eigenvalue weighted by atomic mass is 10.3. The average molecular weight is 309 g/mol. The average Bonchev–Trinajstić information content (AvgIpc) is 3.18. The van der Waals surface area contributed by atoms with Gasteiger partial charge in [-0.05, 0) is 25.0 Å². The van der Waals surface area contributed by atoms with Crippen LogP contribution >= 0.6 is 0 Å². The van der Waals surface area contributed by atoms with Crippen molar-refractivity contribution in [3.8, 4) is 0 Å². The van der Waals surface area contributed by atoms with E-state index in [1.54, 1.807) is 10.9 Å². The van der Waals surface area contributed by atoms with Gasteiger partial charge in [0, 0.05) is 24.8 Å². The second kappa shape index (κ2) is 5.20. The van der Waals surface area contributed by atoms with Crippen LogP contribution in [-0.2, 0) is 7.05 Å². The molecule has 0 spiro atoms.